The molecule has 0 unspecified atom stereocenters. The molecule has 0 aliphatic carbocycles. The van der Waals surface area contributed by atoms with Crippen molar-refractivity contribution in [2.75, 3.05) is 105 Å². The second kappa shape index (κ2) is 10.7. The highest BCUT2D eigenvalue weighted by Gasteiger charge is 2.45. The van der Waals surface area contributed by atoms with Gasteiger partial charge >= 0.3 is 11.9 Å². The number of ether oxygens (including phenoxy) is 4. The maximum atomic E-state index is 9.10. The Morgan fingerprint density at radius 3 is 0.618 bits per heavy atom. The molecule has 0 aromatic heterocycles. The van der Waals surface area contributed by atoms with E-state index in [-0.39, 0.29) is 0 Å². The van der Waals surface area contributed by atoms with Gasteiger partial charge in [-0.15, -0.1) is 0 Å². The van der Waals surface area contributed by atoms with E-state index in [4.69, 9.17) is 38.7 Å². The fourth-order valence-electron chi connectivity index (χ4n) is 4.29. The van der Waals surface area contributed by atoms with E-state index in [0.717, 1.165) is 52.9 Å². The molecule has 12 nitrogen and oxygen atoms in total. The summed E-state index contributed by atoms with van der Waals surface area (Å²) < 4.78 is 20.2. The number of carboxylic acids is 2. The van der Waals surface area contributed by atoms with E-state index in [1.54, 1.807) is 0 Å². The lowest BCUT2D eigenvalue weighted by molar-refractivity contribution is -0.159. The van der Waals surface area contributed by atoms with Gasteiger partial charge in [-0.25, -0.2) is 9.59 Å². The largest absolute Gasteiger partial charge is 0.473 e. The Bertz CT molecular complexity index is 534. The number of carboxylic acid groups (broad SMARTS) is 2. The molecule has 0 atom stereocenters. The van der Waals surface area contributed by atoms with Crippen LogP contribution in [0.4, 0.5) is 0 Å². The van der Waals surface area contributed by atoms with Gasteiger partial charge in [-0.2, -0.15) is 0 Å². The standard InChI is InChI=1S/4C5H9NO.C2H2O4/c4*1-5(2-6-1)3-7-4-5;3-1(4)2(5)6/h4*6H,1-4H2;(H,3,4)(H,5,6). The van der Waals surface area contributed by atoms with E-state index in [1.807, 2.05) is 0 Å². The lowest BCUT2D eigenvalue weighted by atomic mass is 9.80. The first-order valence-electron chi connectivity index (χ1n) is 11.9. The average molecular weight is 487 g/mol. The molecule has 194 valence electrons. The predicted octanol–water partition coefficient (Wildman–Crippen LogP) is -2.42. The number of rotatable bonds is 0. The fourth-order valence-corrected chi connectivity index (χ4v) is 4.29. The molecular formula is C22H38N4O8. The molecule has 0 bridgehead atoms. The van der Waals surface area contributed by atoms with Gasteiger partial charge in [-0.1, -0.05) is 0 Å². The van der Waals surface area contributed by atoms with Crippen molar-refractivity contribution in [3.8, 4) is 0 Å². The van der Waals surface area contributed by atoms with Crippen molar-refractivity contribution < 1.29 is 38.7 Å². The van der Waals surface area contributed by atoms with Crippen LogP contribution in [0.25, 0.3) is 0 Å². The zero-order valence-corrected chi connectivity index (χ0v) is 19.7. The minimum atomic E-state index is -1.82. The van der Waals surface area contributed by atoms with Crippen LogP contribution >= 0.6 is 0 Å². The Morgan fingerprint density at radius 1 is 0.441 bits per heavy atom. The van der Waals surface area contributed by atoms with Gasteiger partial charge in [-0.05, 0) is 0 Å². The van der Waals surface area contributed by atoms with Gasteiger partial charge in [0.05, 0.1) is 52.9 Å². The van der Waals surface area contributed by atoms with Crippen LogP contribution in [-0.2, 0) is 28.5 Å². The summed E-state index contributed by atoms with van der Waals surface area (Å²) in [5, 5.41) is 27.7. The van der Waals surface area contributed by atoms with Gasteiger partial charge in [-0.3, -0.25) is 0 Å². The van der Waals surface area contributed by atoms with Crippen LogP contribution in [0.3, 0.4) is 0 Å². The molecule has 34 heavy (non-hydrogen) atoms. The molecule has 8 fully saturated rings. The Balaban J connectivity index is 0.000000101. The number of aliphatic carboxylic acids is 2. The monoisotopic (exact) mass is 486 g/mol. The van der Waals surface area contributed by atoms with Gasteiger partial charge in [0.2, 0.25) is 0 Å². The Labute approximate surface area is 199 Å². The Hall–Kier alpha value is -1.38. The average Bonchev–Trinajstić information content (AvgIpc) is 2.45. The van der Waals surface area contributed by atoms with E-state index in [1.165, 1.54) is 52.4 Å². The summed E-state index contributed by atoms with van der Waals surface area (Å²) in [4.78, 5) is 18.2. The summed E-state index contributed by atoms with van der Waals surface area (Å²) in [7, 11) is 0. The predicted molar refractivity (Wildman–Crippen MR) is 120 cm³/mol. The van der Waals surface area contributed by atoms with Crippen molar-refractivity contribution in [2.45, 2.75) is 0 Å². The van der Waals surface area contributed by atoms with Gasteiger partial charge < -0.3 is 50.4 Å². The molecule has 8 saturated heterocycles. The minimum Gasteiger partial charge on any atom is -0.473 e. The third-order valence-corrected chi connectivity index (χ3v) is 7.45. The van der Waals surface area contributed by atoms with E-state index in [9.17, 15) is 0 Å². The van der Waals surface area contributed by atoms with E-state index in [0.29, 0.717) is 21.7 Å². The number of carbonyl (C=O) groups is 2. The normalized spacial score (nSPS) is 29.5. The van der Waals surface area contributed by atoms with Crippen molar-refractivity contribution >= 4 is 11.9 Å². The molecule has 4 spiro atoms. The molecule has 0 aromatic rings. The SMILES string of the molecule is C1NCC12COC2.C1NCC12COC2.C1NCC12COC2.C1NCC12COC2.O=C(O)C(=O)O. The second-order valence-electron chi connectivity index (χ2n) is 11.0. The summed E-state index contributed by atoms with van der Waals surface area (Å²) in [6, 6.07) is 0. The highest BCUT2D eigenvalue weighted by atomic mass is 16.5. The maximum absolute atomic E-state index is 9.10. The van der Waals surface area contributed by atoms with Crippen LogP contribution in [-0.4, -0.2) is 127 Å². The van der Waals surface area contributed by atoms with Crippen molar-refractivity contribution in [3.63, 3.8) is 0 Å². The van der Waals surface area contributed by atoms with Crippen LogP contribution in [0.15, 0.2) is 0 Å². The van der Waals surface area contributed by atoms with E-state index in [2.05, 4.69) is 21.3 Å². The zero-order valence-electron chi connectivity index (χ0n) is 19.7. The van der Waals surface area contributed by atoms with Crippen molar-refractivity contribution in [2.24, 2.45) is 21.7 Å². The number of hydrogen-bond donors (Lipinski definition) is 6. The molecule has 12 heteroatoms. The molecule has 8 heterocycles. The first-order valence-corrected chi connectivity index (χ1v) is 11.9. The van der Waals surface area contributed by atoms with Crippen LogP contribution in [0.2, 0.25) is 0 Å². The molecule has 0 saturated carbocycles. The van der Waals surface area contributed by atoms with Gasteiger partial charge in [0.25, 0.3) is 0 Å². The highest BCUT2D eigenvalue weighted by Crippen LogP contribution is 2.32. The van der Waals surface area contributed by atoms with E-state index >= 15 is 0 Å². The molecule has 0 radical (unpaired) electrons. The summed E-state index contributed by atoms with van der Waals surface area (Å²) >= 11 is 0. The van der Waals surface area contributed by atoms with Gasteiger partial charge in [0.1, 0.15) is 0 Å². The van der Waals surface area contributed by atoms with Gasteiger partial charge in [0.15, 0.2) is 0 Å². The number of nitrogens with one attached hydrogen (secondary N) is 4. The molecule has 6 N–H and O–H groups in total. The molecule has 8 aliphatic rings. The highest BCUT2D eigenvalue weighted by molar-refractivity contribution is 6.27. The third kappa shape index (κ3) is 6.05. The molecule has 8 rings (SSSR count). The summed E-state index contributed by atoms with van der Waals surface area (Å²) in [6.07, 6.45) is 0. The van der Waals surface area contributed by atoms with Crippen LogP contribution in [0.5, 0.6) is 0 Å². The Kier molecular flexibility index (Phi) is 8.09. The van der Waals surface area contributed by atoms with Crippen molar-refractivity contribution in [3.05, 3.63) is 0 Å². The number of hydrogen-bond acceptors (Lipinski definition) is 10. The third-order valence-electron chi connectivity index (χ3n) is 7.45. The van der Waals surface area contributed by atoms with Crippen molar-refractivity contribution in [1.29, 1.82) is 0 Å². The molecule has 0 amide bonds. The maximum Gasteiger partial charge on any atom is 0.414 e. The van der Waals surface area contributed by atoms with E-state index < -0.39 is 11.9 Å². The Morgan fingerprint density at radius 2 is 0.618 bits per heavy atom. The molecule has 8 aliphatic heterocycles. The summed E-state index contributed by atoms with van der Waals surface area (Å²) in [5.74, 6) is -3.65. The van der Waals surface area contributed by atoms with Crippen LogP contribution in [0.1, 0.15) is 0 Å². The first-order chi connectivity index (χ1) is 16.3. The second-order valence-corrected chi connectivity index (χ2v) is 11.0. The summed E-state index contributed by atoms with van der Waals surface area (Å²) in [6.45, 7) is 17.5. The molecule has 0 aromatic carbocycles. The quantitative estimate of drug-likeness (QED) is 0.202. The fraction of sp³-hybridized carbons (Fsp3) is 0.909. The van der Waals surface area contributed by atoms with Gasteiger partial charge in [0, 0.05) is 74.0 Å². The first kappa shape index (κ1) is 25.7. The molecular weight excluding hydrogens is 448 g/mol. The summed E-state index contributed by atoms with van der Waals surface area (Å²) in [5.41, 5.74) is 2.44. The topological polar surface area (TPSA) is 160 Å². The smallest absolute Gasteiger partial charge is 0.414 e. The minimum absolute atomic E-state index is 0.611. The van der Waals surface area contributed by atoms with Crippen molar-refractivity contribution in [1.82, 2.24) is 21.3 Å². The van der Waals surface area contributed by atoms with Crippen LogP contribution in [0, 0.1) is 21.7 Å². The lowest BCUT2D eigenvalue weighted by Crippen LogP contribution is -2.64. The van der Waals surface area contributed by atoms with Crippen LogP contribution < -0.4 is 21.3 Å². The zero-order chi connectivity index (χ0) is 24.1. The lowest BCUT2D eigenvalue weighted by Gasteiger charge is -2.48.